The van der Waals surface area contributed by atoms with Gasteiger partial charge in [0.2, 0.25) is 5.91 Å². The van der Waals surface area contributed by atoms with Crippen molar-refractivity contribution in [2.45, 2.75) is 6.92 Å². The van der Waals surface area contributed by atoms with Crippen molar-refractivity contribution in [1.82, 2.24) is 5.43 Å². The number of halogens is 2. The third-order valence-electron chi connectivity index (χ3n) is 1.42. The third-order valence-corrected chi connectivity index (χ3v) is 1.74. The second-order valence-electron chi connectivity index (χ2n) is 2.56. The molecule has 0 fully saturated rings. The molecule has 1 amide bonds. The minimum atomic E-state index is -0.480. The molecule has 0 aromatic heterocycles. The summed E-state index contributed by atoms with van der Waals surface area (Å²) in [5, 5.41) is 3.76. The van der Waals surface area contributed by atoms with Crippen LogP contribution in [0.3, 0.4) is 0 Å². The van der Waals surface area contributed by atoms with Crippen LogP contribution in [0, 0.1) is 5.82 Å². The molecule has 0 heterocycles. The Hall–Kier alpha value is -1.42. The number of nitrogens with zero attached hydrogens (tertiary/aromatic N) is 1. The molecule has 0 aliphatic rings. The predicted octanol–water partition coefficient (Wildman–Crippen LogP) is 1.95. The molecule has 0 aliphatic carbocycles. The fourth-order valence-electron chi connectivity index (χ4n) is 0.822. The van der Waals surface area contributed by atoms with Crippen LogP contribution in [0.1, 0.15) is 12.5 Å². The van der Waals surface area contributed by atoms with Gasteiger partial charge in [0, 0.05) is 12.5 Å². The van der Waals surface area contributed by atoms with Gasteiger partial charge in [-0.3, -0.25) is 4.79 Å². The van der Waals surface area contributed by atoms with Crippen molar-refractivity contribution in [3.05, 3.63) is 34.6 Å². The lowest BCUT2D eigenvalue weighted by atomic mass is 10.2. The van der Waals surface area contributed by atoms with E-state index >= 15 is 0 Å². The lowest BCUT2D eigenvalue weighted by Crippen LogP contribution is -2.12. The van der Waals surface area contributed by atoms with Gasteiger partial charge in [0.25, 0.3) is 0 Å². The molecule has 1 aromatic rings. The Balaban J connectivity index is 2.85. The van der Waals surface area contributed by atoms with Gasteiger partial charge in [-0.15, -0.1) is 0 Å². The molecule has 0 spiro atoms. The number of rotatable bonds is 2. The van der Waals surface area contributed by atoms with Gasteiger partial charge in [-0.05, 0) is 12.1 Å². The summed E-state index contributed by atoms with van der Waals surface area (Å²) in [6, 6.07) is 4.30. The van der Waals surface area contributed by atoms with Crippen LogP contribution in [-0.2, 0) is 4.79 Å². The highest BCUT2D eigenvalue weighted by atomic mass is 35.5. The molecule has 0 bridgehead atoms. The molecule has 74 valence electrons. The second-order valence-corrected chi connectivity index (χ2v) is 2.97. The van der Waals surface area contributed by atoms with E-state index in [-0.39, 0.29) is 16.5 Å². The topological polar surface area (TPSA) is 41.5 Å². The van der Waals surface area contributed by atoms with Crippen LogP contribution in [0.2, 0.25) is 5.02 Å². The molecule has 1 rings (SSSR count). The Morgan fingerprint density at radius 2 is 2.36 bits per heavy atom. The molecule has 14 heavy (non-hydrogen) atoms. The molecule has 0 aliphatic heterocycles. The molecule has 0 saturated heterocycles. The van der Waals surface area contributed by atoms with E-state index in [0.29, 0.717) is 0 Å². The minimum Gasteiger partial charge on any atom is -0.274 e. The van der Waals surface area contributed by atoms with E-state index in [4.69, 9.17) is 11.6 Å². The molecular formula is C9H8ClFN2O. The first-order valence-electron chi connectivity index (χ1n) is 3.85. The average Bonchev–Trinajstić information content (AvgIpc) is 2.09. The minimum absolute atomic E-state index is 0.155. The monoisotopic (exact) mass is 214 g/mol. The maximum atomic E-state index is 13.1. The van der Waals surface area contributed by atoms with E-state index in [0.717, 1.165) is 0 Å². The van der Waals surface area contributed by atoms with Crippen LogP contribution in [0.5, 0.6) is 0 Å². The highest BCUT2D eigenvalue weighted by molar-refractivity contribution is 6.33. The maximum Gasteiger partial charge on any atom is 0.236 e. The van der Waals surface area contributed by atoms with Gasteiger partial charge in [0.15, 0.2) is 0 Å². The van der Waals surface area contributed by atoms with Crippen molar-refractivity contribution < 1.29 is 9.18 Å². The Morgan fingerprint density at radius 3 is 2.93 bits per heavy atom. The van der Waals surface area contributed by atoms with Crippen LogP contribution < -0.4 is 5.43 Å². The number of carbonyl (C=O) groups is 1. The number of benzene rings is 1. The van der Waals surface area contributed by atoms with E-state index in [1.54, 1.807) is 6.07 Å². The van der Waals surface area contributed by atoms with Crippen molar-refractivity contribution >= 4 is 23.7 Å². The highest BCUT2D eigenvalue weighted by Crippen LogP contribution is 2.16. The SMILES string of the molecule is CC(=O)NN=Cc1c(F)cccc1Cl. The summed E-state index contributed by atoms with van der Waals surface area (Å²) in [5.74, 6) is -0.805. The third kappa shape index (κ3) is 2.81. The molecule has 0 unspecified atom stereocenters. The smallest absolute Gasteiger partial charge is 0.236 e. The zero-order valence-corrected chi connectivity index (χ0v) is 8.18. The van der Waals surface area contributed by atoms with Gasteiger partial charge < -0.3 is 0 Å². The van der Waals surface area contributed by atoms with Crippen molar-refractivity contribution in [3.8, 4) is 0 Å². The van der Waals surface area contributed by atoms with Crippen molar-refractivity contribution in [2.75, 3.05) is 0 Å². The molecule has 5 heteroatoms. The molecular weight excluding hydrogens is 207 g/mol. The lowest BCUT2D eigenvalue weighted by molar-refractivity contribution is -0.118. The second kappa shape index (κ2) is 4.72. The maximum absolute atomic E-state index is 13.1. The Bertz CT molecular complexity index is 359. The molecule has 1 aromatic carbocycles. The van der Waals surface area contributed by atoms with E-state index in [9.17, 15) is 9.18 Å². The van der Waals surface area contributed by atoms with Crippen LogP contribution in [-0.4, -0.2) is 12.1 Å². The van der Waals surface area contributed by atoms with Crippen LogP contribution in [0.4, 0.5) is 4.39 Å². The number of amides is 1. The number of carbonyl (C=O) groups excluding carboxylic acids is 1. The van der Waals surface area contributed by atoms with Crippen molar-refractivity contribution in [3.63, 3.8) is 0 Å². The number of hydrazone groups is 1. The van der Waals surface area contributed by atoms with Gasteiger partial charge in [-0.1, -0.05) is 17.7 Å². The van der Waals surface area contributed by atoms with E-state index in [1.807, 2.05) is 0 Å². The summed E-state index contributed by atoms with van der Waals surface area (Å²) < 4.78 is 13.1. The zero-order chi connectivity index (χ0) is 10.6. The van der Waals surface area contributed by atoms with E-state index in [2.05, 4.69) is 10.5 Å². The Morgan fingerprint density at radius 1 is 1.64 bits per heavy atom. The normalized spacial score (nSPS) is 10.5. The number of hydrogen-bond acceptors (Lipinski definition) is 2. The van der Waals surface area contributed by atoms with Crippen LogP contribution in [0.25, 0.3) is 0 Å². The predicted molar refractivity (Wildman–Crippen MR) is 52.8 cm³/mol. The van der Waals surface area contributed by atoms with Gasteiger partial charge in [0.05, 0.1) is 11.2 Å². The summed E-state index contributed by atoms with van der Waals surface area (Å²) in [4.78, 5) is 10.5. The average molecular weight is 215 g/mol. The highest BCUT2D eigenvalue weighted by Gasteiger charge is 2.02. The van der Waals surface area contributed by atoms with Crippen LogP contribution >= 0.6 is 11.6 Å². The zero-order valence-electron chi connectivity index (χ0n) is 7.42. The lowest BCUT2D eigenvalue weighted by Gasteiger charge is -1.98. The number of nitrogens with one attached hydrogen (secondary N) is 1. The largest absolute Gasteiger partial charge is 0.274 e. The molecule has 0 radical (unpaired) electrons. The Kier molecular flexibility index (Phi) is 3.59. The van der Waals surface area contributed by atoms with Crippen LogP contribution in [0.15, 0.2) is 23.3 Å². The molecule has 1 N–H and O–H groups in total. The first-order valence-corrected chi connectivity index (χ1v) is 4.22. The summed E-state index contributed by atoms with van der Waals surface area (Å²) >= 11 is 5.70. The van der Waals surface area contributed by atoms with Crippen molar-refractivity contribution in [2.24, 2.45) is 5.10 Å². The fourth-order valence-corrected chi connectivity index (χ4v) is 1.03. The van der Waals surface area contributed by atoms with Gasteiger partial charge in [-0.25, -0.2) is 9.82 Å². The van der Waals surface area contributed by atoms with Gasteiger partial charge in [0.1, 0.15) is 5.82 Å². The van der Waals surface area contributed by atoms with Crippen molar-refractivity contribution in [1.29, 1.82) is 0 Å². The van der Waals surface area contributed by atoms with Gasteiger partial charge >= 0.3 is 0 Å². The Labute approximate surface area is 85.6 Å². The summed E-state index contributed by atoms with van der Waals surface area (Å²) in [6.45, 7) is 1.31. The number of hydrogen-bond donors (Lipinski definition) is 1. The molecule has 0 atom stereocenters. The van der Waals surface area contributed by atoms with E-state index < -0.39 is 5.82 Å². The first kappa shape index (κ1) is 10.7. The van der Waals surface area contributed by atoms with E-state index in [1.165, 1.54) is 25.3 Å². The summed E-state index contributed by atoms with van der Waals surface area (Å²) in [7, 11) is 0. The summed E-state index contributed by atoms with van der Waals surface area (Å²) in [6.07, 6.45) is 1.17. The standard InChI is InChI=1S/C9H8ClFN2O/c1-6(14)13-12-5-7-8(10)3-2-4-9(7)11/h2-5H,1H3,(H,13,14). The fraction of sp³-hybridized carbons (Fsp3) is 0.111. The molecule has 0 saturated carbocycles. The summed E-state index contributed by atoms with van der Waals surface area (Å²) in [5.41, 5.74) is 2.31. The molecule has 3 nitrogen and oxygen atoms in total. The quantitative estimate of drug-likeness (QED) is 0.593. The first-order chi connectivity index (χ1) is 6.61. The van der Waals surface area contributed by atoms with Gasteiger partial charge in [-0.2, -0.15) is 5.10 Å².